The Morgan fingerprint density at radius 1 is 1.06 bits per heavy atom. The molecule has 0 spiro atoms. The predicted octanol–water partition coefficient (Wildman–Crippen LogP) is 5.54. The number of hydrogen-bond acceptors (Lipinski definition) is 0. The predicted molar refractivity (Wildman–Crippen MR) is 75.3 cm³/mol. The zero-order valence-electron chi connectivity index (χ0n) is 11.4. The SMILES string of the molecule is CCCC(c1ccccc1)C1(C)CCCCC1. The fourth-order valence-corrected chi connectivity index (χ4v) is 3.60. The fraction of sp³-hybridized carbons (Fsp3) is 0.647. The topological polar surface area (TPSA) is 0 Å². The third kappa shape index (κ3) is 2.91. The number of hydrogen-bond donors (Lipinski definition) is 0. The second-order valence-electron chi connectivity index (χ2n) is 5.97. The Bertz CT molecular complexity index is 319. The van der Waals surface area contributed by atoms with Crippen LogP contribution >= 0.6 is 0 Å². The smallest absolute Gasteiger partial charge is 0.0108 e. The average molecular weight is 230 g/mol. The summed E-state index contributed by atoms with van der Waals surface area (Å²) in [5.41, 5.74) is 2.12. The van der Waals surface area contributed by atoms with Gasteiger partial charge in [0.25, 0.3) is 0 Å². The van der Waals surface area contributed by atoms with Crippen molar-refractivity contribution in [1.29, 1.82) is 0 Å². The lowest BCUT2D eigenvalue weighted by molar-refractivity contribution is 0.160. The molecule has 0 aliphatic heterocycles. The van der Waals surface area contributed by atoms with Gasteiger partial charge in [0.05, 0.1) is 0 Å². The van der Waals surface area contributed by atoms with Gasteiger partial charge in [0.1, 0.15) is 0 Å². The minimum atomic E-state index is 0.551. The molecular formula is C17H26. The maximum atomic E-state index is 2.53. The zero-order valence-corrected chi connectivity index (χ0v) is 11.4. The molecule has 0 nitrogen and oxygen atoms in total. The van der Waals surface area contributed by atoms with E-state index in [1.54, 1.807) is 5.56 Å². The van der Waals surface area contributed by atoms with E-state index < -0.39 is 0 Å². The Morgan fingerprint density at radius 2 is 1.71 bits per heavy atom. The second kappa shape index (κ2) is 5.71. The first-order chi connectivity index (χ1) is 8.26. The van der Waals surface area contributed by atoms with Crippen LogP contribution in [0, 0.1) is 5.41 Å². The van der Waals surface area contributed by atoms with Crippen molar-refractivity contribution in [2.24, 2.45) is 5.41 Å². The van der Waals surface area contributed by atoms with Gasteiger partial charge in [0.2, 0.25) is 0 Å². The lowest BCUT2D eigenvalue weighted by Crippen LogP contribution is -2.28. The summed E-state index contributed by atoms with van der Waals surface area (Å²) in [5.74, 6) is 0.772. The molecule has 0 radical (unpaired) electrons. The maximum Gasteiger partial charge on any atom is -0.0108 e. The zero-order chi connectivity index (χ0) is 12.1. The highest BCUT2D eigenvalue weighted by molar-refractivity contribution is 5.22. The third-order valence-corrected chi connectivity index (χ3v) is 4.62. The fourth-order valence-electron chi connectivity index (χ4n) is 3.60. The van der Waals surface area contributed by atoms with Gasteiger partial charge in [0, 0.05) is 0 Å². The van der Waals surface area contributed by atoms with Gasteiger partial charge in [-0.2, -0.15) is 0 Å². The van der Waals surface area contributed by atoms with Crippen molar-refractivity contribution in [3.63, 3.8) is 0 Å². The van der Waals surface area contributed by atoms with Crippen LogP contribution in [0.3, 0.4) is 0 Å². The second-order valence-corrected chi connectivity index (χ2v) is 5.97. The molecule has 0 saturated heterocycles. The van der Waals surface area contributed by atoms with Crippen LogP contribution in [0.15, 0.2) is 30.3 Å². The summed E-state index contributed by atoms with van der Waals surface area (Å²) in [4.78, 5) is 0. The molecule has 1 unspecified atom stereocenters. The molecular weight excluding hydrogens is 204 g/mol. The van der Waals surface area contributed by atoms with E-state index in [2.05, 4.69) is 44.2 Å². The molecule has 17 heavy (non-hydrogen) atoms. The van der Waals surface area contributed by atoms with Crippen LogP contribution in [0.5, 0.6) is 0 Å². The van der Waals surface area contributed by atoms with Crippen LogP contribution in [-0.2, 0) is 0 Å². The Morgan fingerprint density at radius 3 is 2.29 bits per heavy atom. The van der Waals surface area contributed by atoms with Crippen molar-refractivity contribution < 1.29 is 0 Å². The molecule has 1 atom stereocenters. The molecule has 1 aromatic rings. The normalized spacial score (nSPS) is 21.1. The van der Waals surface area contributed by atoms with Gasteiger partial charge >= 0.3 is 0 Å². The number of benzene rings is 1. The molecule has 0 heterocycles. The van der Waals surface area contributed by atoms with Gasteiger partial charge in [0.15, 0.2) is 0 Å². The standard InChI is InChI=1S/C17H26/c1-3-10-16(15-11-6-4-7-12-15)17(2)13-8-5-9-14-17/h4,6-7,11-12,16H,3,5,8-10,13-14H2,1-2H3. The lowest BCUT2D eigenvalue weighted by atomic mass is 9.64. The van der Waals surface area contributed by atoms with Crippen LogP contribution in [0.1, 0.15) is 70.3 Å². The van der Waals surface area contributed by atoms with E-state index in [1.165, 1.54) is 44.9 Å². The van der Waals surface area contributed by atoms with Gasteiger partial charge in [-0.15, -0.1) is 0 Å². The molecule has 94 valence electrons. The van der Waals surface area contributed by atoms with E-state index >= 15 is 0 Å². The van der Waals surface area contributed by atoms with Crippen LogP contribution in [0.4, 0.5) is 0 Å². The van der Waals surface area contributed by atoms with Crippen molar-refractivity contribution in [3.8, 4) is 0 Å². The van der Waals surface area contributed by atoms with Crippen LogP contribution in [0.2, 0.25) is 0 Å². The summed E-state index contributed by atoms with van der Waals surface area (Å²) in [7, 11) is 0. The molecule has 1 aliphatic rings. The maximum absolute atomic E-state index is 2.53. The molecule has 1 fully saturated rings. The third-order valence-electron chi connectivity index (χ3n) is 4.62. The van der Waals surface area contributed by atoms with E-state index in [-0.39, 0.29) is 0 Å². The molecule has 0 amide bonds. The highest BCUT2D eigenvalue weighted by Gasteiger charge is 2.35. The summed E-state index contributed by atoms with van der Waals surface area (Å²) < 4.78 is 0. The Hall–Kier alpha value is -0.780. The lowest BCUT2D eigenvalue weighted by Gasteiger charge is -2.41. The minimum absolute atomic E-state index is 0.551. The summed E-state index contributed by atoms with van der Waals surface area (Å²) in [6.45, 7) is 4.85. The van der Waals surface area contributed by atoms with Crippen LogP contribution in [0.25, 0.3) is 0 Å². The van der Waals surface area contributed by atoms with Crippen molar-refractivity contribution >= 4 is 0 Å². The summed E-state index contributed by atoms with van der Waals surface area (Å²) in [6.07, 6.45) is 9.81. The minimum Gasteiger partial charge on any atom is -0.0654 e. The first-order valence-corrected chi connectivity index (χ1v) is 7.31. The van der Waals surface area contributed by atoms with Crippen molar-refractivity contribution in [2.45, 2.75) is 64.7 Å². The van der Waals surface area contributed by atoms with E-state index in [0.29, 0.717) is 5.41 Å². The van der Waals surface area contributed by atoms with E-state index in [0.717, 1.165) is 5.92 Å². The van der Waals surface area contributed by atoms with Crippen molar-refractivity contribution in [1.82, 2.24) is 0 Å². The van der Waals surface area contributed by atoms with Gasteiger partial charge in [-0.05, 0) is 36.2 Å². The Labute approximate surface area is 106 Å². The largest absolute Gasteiger partial charge is 0.0654 e. The average Bonchev–Trinajstić information content (AvgIpc) is 2.38. The quantitative estimate of drug-likeness (QED) is 0.637. The van der Waals surface area contributed by atoms with E-state index in [9.17, 15) is 0 Å². The molecule has 0 aromatic heterocycles. The van der Waals surface area contributed by atoms with Gasteiger partial charge in [-0.25, -0.2) is 0 Å². The van der Waals surface area contributed by atoms with Crippen LogP contribution < -0.4 is 0 Å². The number of rotatable bonds is 4. The molecule has 1 aromatic carbocycles. The molecule has 1 saturated carbocycles. The van der Waals surface area contributed by atoms with Crippen molar-refractivity contribution in [3.05, 3.63) is 35.9 Å². The summed E-state index contributed by atoms with van der Waals surface area (Å²) in [5, 5.41) is 0. The first-order valence-electron chi connectivity index (χ1n) is 7.31. The highest BCUT2D eigenvalue weighted by atomic mass is 14.4. The Kier molecular flexibility index (Phi) is 4.25. The van der Waals surface area contributed by atoms with Gasteiger partial charge in [-0.1, -0.05) is 69.9 Å². The van der Waals surface area contributed by atoms with Gasteiger partial charge in [-0.3, -0.25) is 0 Å². The van der Waals surface area contributed by atoms with E-state index in [1.807, 2.05) is 0 Å². The first kappa shape index (κ1) is 12.7. The monoisotopic (exact) mass is 230 g/mol. The highest BCUT2D eigenvalue weighted by Crippen LogP contribution is 2.48. The van der Waals surface area contributed by atoms with Crippen LogP contribution in [-0.4, -0.2) is 0 Å². The van der Waals surface area contributed by atoms with Gasteiger partial charge < -0.3 is 0 Å². The molecule has 0 heteroatoms. The Balaban J connectivity index is 2.22. The molecule has 0 N–H and O–H groups in total. The summed E-state index contributed by atoms with van der Waals surface area (Å²) in [6, 6.07) is 11.2. The molecule has 0 bridgehead atoms. The summed E-state index contributed by atoms with van der Waals surface area (Å²) >= 11 is 0. The van der Waals surface area contributed by atoms with E-state index in [4.69, 9.17) is 0 Å². The molecule has 2 rings (SSSR count). The van der Waals surface area contributed by atoms with Crippen molar-refractivity contribution in [2.75, 3.05) is 0 Å². The molecule has 1 aliphatic carbocycles.